The zero-order chi connectivity index (χ0) is 21.3. The van der Waals surface area contributed by atoms with Gasteiger partial charge in [-0.2, -0.15) is 0 Å². The fourth-order valence-electron chi connectivity index (χ4n) is 4.66. The zero-order valence-corrected chi connectivity index (χ0v) is 18.1. The first-order chi connectivity index (χ1) is 14.4. The molecule has 0 spiro atoms. The molecule has 2 aliphatic rings. The van der Waals surface area contributed by atoms with Crippen molar-refractivity contribution >= 4 is 40.8 Å². The number of nitrogens with zero attached hydrogens (tertiary/aromatic N) is 3. The number of halogens is 2. The highest BCUT2D eigenvalue weighted by Gasteiger charge is 2.45. The largest absolute Gasteiger partial charge is 0.365 e. The number of nitrogens with two attached hydrogens (primary N) is 1. The summed E-state index contributed by atoms with van der Waals surface area (Å²) in [5.41, 5.74) is 6.30. The predicted molar refractivity (Wildman–Crippen MR) is 118 cm³/mol. The summed E-state index contributed by atoms with van der Waals surface area (Å²) in [6.45, 7) is 2.33. The first kappa shape index (κ1) is 20.9. The average molecular weight is 447 g/mol. The third-order valence-corrected chi connectivity index (χ3v) is 7.00. The van der Waals surface area contributed by atoms with Gasteiger partial charge in [-0.3, -0.25) is 9.59 Å². The lowest BCUT2D eigenvalue weighted by Crippen LogP contribution is -2.54. The molecule has 0 radical (unpaired) electrons. The van der Waals surface area contributed by atoms with Gasteiger partial charge in [0.15, 0.2) is 0 Å². The van der Waals surface area contributed by atoms with Crippen molar-refractivity contribution in [1.82, 2.24) is 9.88 Å². The number of anilines is 1. The number of hydrogen-bond acceptors (Lipinski definition) is 4. The van der Waals surface area contributed by atoms with E-state index in [9.17, 15) is 9.59 Å². The minimum Gasteiger partial charge on any atom is -0.365 e. The highest BCUT2D eigenvalue weighted by Crippen LogP contribution is 2.44. The van der Waals surface area contributed by atoms with Crippen LogP contribution in [0.1, 0.15) is 41.6 Å². The number of carbonyl (C=O) groups excluding carboxylic acids is 2. The van der Waals surface area contributed by atoms with Gasteiger partial charge in [0.2, 0.25) is 5.91 Å². The van der Waals surface area contributed by atoms with Crippen molar-refractivity contribution in [2.75, 3.05) is 31.1 Å². The molecule has 2 aromatic rings. The number of piperazine rings is 1. The maximum Gasteiger partial charge on any atom is 0.252 e. The van der Waals surface area contributed by atoms with Crippen molar-refractivity contribution in [3.05, 3.63) is 57.7 Å². The molecule has 158 valence electrons. The lowest BCUT2D eigenvalue weighted by Gasteiger charge is -2.40. The van der Waals surface area contributed by atoms with Gasteiger partial charge in [-0.1, -0.05) is 42.1 Å². The summed E-state index contributed by atoms with van der Waals surface area (Å²) in [5.74, 6) is 0.229. The van der Waals surface area contributed by atoms with Crippen LogP contribution in [0.5, 0.6) is 0 Å². The number of primary amides is 1. The van der Waals surface area contributed by atoms with E-state index in [1.54, 1.807) is 24.4 Å². The van der Waals surface area contributed by atoms with E-state index in [2.05, 4.69) is 4.98 Å². The van der Waals surface area contributed by atoms with Crippen molar-refractivity contribution in [2.45, 2.75) is 31.1 Å². The molecule has 2 fully saturated rings. The van der Waals surface area contributed by atoms with E-state index >= 15 is 0 Å². The van der Waals surface area contributed by atoms with Gasteiger partial charge in [-0.25, -0.2) is 4.98 Å². The minimum absolute atomic E-state index is 0.147. The summed E-state index contributed by atoms with van der Waals surface area (Å²) in [4.78, 5) is 33.7. The van der Waals surface area contributed by atoms with Crippen LogP contribution in [-0.2, 0) is 10.2 Å². The molecule has 1 aromatic heterocycles. The quantitative estimate of drug-likeness (QED) is 0.776. The number of carbonyl (C=O) groups is 2. The number of benzene rings is 1. The summed E-state index contributed by atoms with van der Waals surface area (Å²) < 4.78 is 0. The smallest absolute Gasteiger partial charge is 0.252 e. The van der Waals surface area contributed by atoms with Gasteiger partial charge in [0.1, 0.15) is 5.82 Å². The first-order valence-corrected chi connectivity index (χ1v) is 10.9. The van der Waals surface area contributed by atoms with Crippen LogP contribution in [0, 0.1) is 0 Å². The maximum atomic E-state index is 13.7. The number of aromatic nitrogens is 1. The third-order valence-electron chi connectivity index (χ3n) is 6.26. The summed E-state index contributed by atoms with van der Waals surface area (Å²) in [5, 5.41) is 0.974. The molecule has 2 heterocycles. The first-order valence-electron chi connectivity index (χ1n) is 10.2. The molecular weight excluding hydrogens is 423 g/mol. The monoisotopic (exact) mass is 446 g/mol. The fourth-order valence-corrected chi connectivity index (χ4v) is 4.96. The molecule has 2 N–H and O–H groups in total. The van der Waals surface area contributed by atoms with Gasteiger partial charge < -0.3 is 15.5 Å². The molecule has 30 heavy (non-hydrogen) atoms. The molecule has 6 nitrogen and oxygen atoms in total. The van der Waals surface area contributed by atoms with Gasteiger partial charge >= 0.3 is 0 Å². The molecule has 8 heteroatoms. The Morgan fingerprint density at radius 3 is 2.33 bits per heavy atom. The third kappa shape index (κ3) is 3.74. The second-order valence-corrected chi connectivity index (χ2v) is 8.75. The highest BCUT2D eigenvalue weighted by molar-refractivity contribution is 6.42. The van der Waals surface area contributed by atoms with E-state index < -0.39 is 11.3 Å². The van der Waals surface area contributed by atoms with Crippen LogP contribution in [-0.4, -0.2) is 47.9 Å². The molecular formula is C22H24Cl2N4O2. The topological polar surface area (TPSA) is 79.5 Å². The van der Waals surface area contributed by atoms with Gasteiger partial charge in [0, 0.05) is 32.4 Å². The summed E-state index contributed by atoms with van der Waals surface area (Å²) in [6.07, 6.45) is 5.31. The van der Waals surface area contributed by atoms with Gasteiger partial charge in [0.25, 0.3) is 5.91 Å². The van der Waals surface area contributed by atoms with Gasteiger partial charge in [-0.15, -0.1) is 0 Å². The van der Waals surface area contributed by atoms with Gasteiger partial charge in [-0.05, 0) is 42.7 Å². The molecule has 1 aromatic carbocycles. The Morgan fingerprint density at radius 1 is 1.00 bits per heavy atom. The lowest BCUT2D eigenvalue weighted by atomic mass is 9.77. The van der Waals surface area contributed by atoms with Crippen LogP contribution >= 0.6 is 23.2 Å². The predicted octanol–water partition coefficient (Wildman–Crippen LogP) is 3.65. The van der Waals surface area contributed by atoms with Crippen molar-refractivity contribution in [3.8, 4) is 0 Å². The summed E-state index contributed by atoms with van der Waals surface area (Å²) in [6, 6.07) is 8.93. The van der Waals surface area contributed by atoms with Crippen molar-refractivity contribution < 1.29 is 9.59 Å². The van der Waals surface area contributed by atoms with Crippen LogP contribution in [0.2, 0.25) is 10.0 Å². The number of hydrogen-bond donors (Lipinski definition) is 1. The SMILES string of the molecule is NC(=O)c1cccnc1N1CCN(C(=O)C2(c3ccc(Cl)c(Cl)c3)CCCC2)CC1. The molecule has 4 rings (SSSR count). The molecule has 2 amide bonds. The van der Waals surface area contributed by atoms with E-state index in [4.69, 9.17) is 28.9 Å². The van der Waals surface area contributed by atoms with E-state index in [1.165, 1.54) is 0 Å². The summed E-state index contributed by atoms with van der Waals surface area (Å²) >= 11 is 12.4. The molecule has 1 aliphatic heterocycles. The molecule has 0 bridgehead atoms. The Kier molecular flexibility index (Phi) is 5.89. The van der Waals surface area contributed by atoms with Crippen LogP contribution in [0.4, 0.5) is 5.82 Å². The highest BCUT2D eigenvalue weighted by atomic mass is 35.5. The van der Waals surface area contributed by atoms with Crippen molar-refractivity contribution in [1.29, 1.82) is 0 Å². The Morgan fingerprint density at radius 2 is 1.70 bits per heavy atom. The maximum absolute atomic E-state index is 13.7. The van der Waals surface area contributed by atoms with E-state index in [0.717, 1.165) is 31.2 Å². The summed E-state index contributed by atoms with van der Waals surface area (Å²) in [7, 11) is 0. The van der Waals surface area contributed by atoms with Crippen LogP contribution in [0.3, 0.4) is 0 Å². The second kappa shape index (κ2) is 8.44. The second-order valence-electron chi connectivity index (χ2n) is 7.94. The number of pyridine rings is 1. The Hall–Kier alpha value is -2.31. The Balaban J connectivity index is 1.53. The molecule has 0 atom stereocenters. The minimum atomic E-state index is -0.542. The average Bonchev–Trinajstić information content (AvgIpc) is 3.26. The van der Waals surface area contributed by atoms with E-state index in [-0.39, 0.29) is 5.91 Å². The standard InChI is InChI=1S/C22H24Cl2N4O2/c23-17-6-5-15(14-18(17)24)22(7-1-2-8-22)21(30)28-12-10-27(11-13-28)20-16(19(25)29)4-3-9-26-20/h3-6,9,14H,1-2,7-8,10-13H2,(H2,25,29). The van der Waals surface area contributed by atoms with Crippen molar-refractivity contribution in [3.63, 3.8) is 0 Å². The van der Waals surface area contributed by atoms with Crippen molar-refractivity contribution in [2.24, 2.45) is 5.73 Å². The Bertz CT molecular complexity index is 967. The molecule has 0 unspecified atom stereocenters. The number of rotatable bonds is 4. The fraction of sp³-hybridized carbons (Fsp3) is 0.409. The normalized spacial score (nSPS) is 18.5. The van der Waals surface area contributed by atoms with Crippen LogP contribution in [0.15, 0.2) is 36.5 Å². The molecule has 1 aliphatic carbocycles. The zero-order valence-electron chi connectivity index (χ0n) is 16.6. The lowest BCUT2D eigenvalue weighted by molar-refractivity contribution is -0.137. The van der Waals surface area contributed by atoms with Gasteiger partial charge in [0.05, 0.1) is 21.0 Å². The molecule has 1 saturated carbocycles. The van der Waals surface area contributed by atoms with E-state index in [1.807, 2.05) is 21.9 Å². The van der Waals surface area contributed by atoms with Crippen LogP contribution in [0.25, 0.3) is 0 Å². The molecule has 1 saturated heterocycles. The number of amides is 2. The Labute approximate surface area is 185 Å². The van der Waals surface area contributed by atoms with Crippen LogP contribution < -0.4 is 10.6 Å². The van der Waals surface area contributed by atoms with E-state index in [0.29, 0.717) is 47.6 Å².